The van der Waals surface area contributed by atoms with Crippen LogP contribution in [0.15, 0.2) is 40.0 Å². The number of aromatic nitrogens is 3. The van der Waals surface area contributed by atoms with Gasteiger partial charge in [-0.2, -0.15) is 5.10 Å². The molecule has 0 amide bonds. The molecule has 1 fully saturated rings. The van der Waals surface area contributed by atoms with Gasteiger partial charge in [0.1, 0.15) is 0 Å². The molecule has 0 aliphatic carbocycles. The summed E-state index contributed by atoms with van der Waals surface area (Å²) in [6.07, 6.45) is 6.77. The molecule has 0 radical (unpaired) electrons. The maximum absolute atomic E-state index is 11.6. The van der Waals surface area contributed by atoms with E-state index >= 15 is 0 Å². The Morgan fingerprint density at radius 2 is 2.35 bits per heavy atom. The van der Waals surface area contributed by atoms with Crippen molar-refractivity contribution in [3.8, 4) is 0 Å². The largest absolute Gasteiger partial charge is 0.319 e. The van der Waals surface area contributed by atoms with Crippen molar-refractivity contribution in [2.24, 2.45) is 7.05 Å². The third-order valence-electron chi connectivity index (χ3n) is 3.77. The van der Waals surface area contributed by atoms with Crippen molar-refractivity contribution in [2.45, 2.75) is 19.0 Å². The van der Waals surface area contributed by atoms with E-state index in [0.717, 1.165) is 36.1 Å². The van der Waals surface area contributed by atoms with Crippen molar-refractivity contribution < 1.29 is 0 Å². The lowest BCUT2D eigenvalue weighted by molar-refractivity contribution is 0.311. The predicted octanol–water partition coefficient (Wildman–Crippen LogP) is 1.79. The molecule has 5 nitrogen and oxygen atoms in total. The van der Waals surface area contributed by atoms with E-state index in [9.17, 15) is 4.79 Å². The first-order valence-corrected chi connectivity index (χ1v) is 7.49. The van der Waals surface area contributed by atoms with Gasteiger partial charge in [0.05, 0.1) is 16.7 Å². The van der Waals surface area contributed by atoms with Crippen LogP contribution < -0.4 is 5.56 Å². The van der Waals surface area contributed by atoms with Gasteiger partial charge >= 0.3 is 0 Å². The molecule has 1 aliphatic heterocycles. The van der Waals surface area contributed by atoms with Gasteiger partial charge in [-0.3, -0.25) is 14.4 Å². The highest BCUT2D eigenvalue weighted by Crippen LogP contribution is 2.23. The maximum Gasteiger partial charge on any atom is 0.250 e. The zero-order valence-corrected chi connectivity index (χ0v) is 13.0. The van der Waals surface area contributed by atoms with Crippen molar-refractivity contribution in [1.82, 2.24) is 19.2 Å². The number of pyridine rings is 1. The number of likely N-dealkylation sites (tertiary alicyclic amines) is 1. The summed E-state index contributed by atoms with van der Waals surface area (Å²) in [5.74, 6) is 0. The van der Waals surface area contributed by atoms with E-state index in [4.69, 9.17) is 0 Å². The van der Waals surface area contributed by atoms with Gasteiger partial charge in [-0.25, -0.2) is 0 Å². The minimum Gasteiger partial charge on any atom is -0.319 e. The standard InChI is InChI=1S/C14H17BrN4O/c1-17-4-2-11(6-14(17)20)8-18-5-3-13(10-18)19-9-12(15)7-16-19/h2,4,6-7,9,13H,3,5,8,10H2,1H3. The molecule has 1 saturated heterocycles. The van der Waals surface area contributed by atoms with Crippen molar-refractivity contribution in [3.05, 3.63) is 51.1 Å². The molecule has 0 saturated carbocycles. The lowest BCUT2D eigenvalue weighted by Gasteiger charge is -2.16. The molecule has 3 heterocycles. The van der Waals surface area contributed by atoms with Gasteiger partial charge in [0.15, 0.2) is 0 Å². The van der Waals surface area contributed by atoms with Gasteiger partial charge in [-0.05, 0) is 34.0 Å². The Morgan fingerprint density at radius 1 is 1.50 bits per heavy atom. The fraction of sp³-hybridized carbons (Fsp3) is 0.429. The monoisotopic (exact) mass is 336 g/mol. The Hall–Kier alpha value is -1.40. The van der Waals surface area contributed by atoms with E-state index < -0.39 is 0 Å². The Morgan fingerprint density at radius 3 is 3.05 bits per heavy atom. The highest BCUT2D eigenvalue weighted by Gasteiger charge is 2.24. The van der Waals surface area contributed by atoms with Crippen molar-refractivity contribution >= 4 is 15.9 Å². The summed E-state index contributed by atoms with van der Waals surface area (Å²) >= 11 is 3.43. The molecule has 0 aromatic carbocycles. The molecule has 0 N–H and O–H groups in total. The summed E-state index contributed by atoms with van der Waals surface area (Å²) in [4.78, 5) is 14.0. The smallest absolute Gasteiger partial charge is 0.250 e. The van der Waals surface area contributed by atoms with Gasteiger partial charge < -0.3 is 4.57 Å². The Balaban J connectivity index is 1.65. The second-order valence-corrected chi connectivity index (χ2v) is 6.22. The second kappa shape index (κ2) is 5.54. The second-order valence-electron chi connectivity index (χ2n) is 5.30. The van der Waals surface area contributed by atoms with Crippen LogP contribution in [0.25, 0.3) is 0 Å². The number of aryl methyl sites for hydroxylation is 1. The van der Waals surface area contributed by atoms with E-state index in [-0.39, 0.29) is 5.56 Å². The molecule has 6 heteroatoms. The zero-order valence-electron chi connectivity index (χ0n) is 11.4. The predicted molar refractivity (Wildman–Crippen MR) is 80.5 cm³/mol. The third kappa shape index (κ3) is 2.86. The Kier molecular flexibility index (Phi) is 3.76. The quantitative estimate of drug-likeness (QED) is 0.858. The molecule has 1 atom stereocenters. The lowest BCUT2D eigenvalue weighted by atomic mass is 10.2. The Bertz CT molecular complexity index is 663. The number of halogens is 1. The number of hydrogen-bond donors (Lipinski definition) is 0. The van der Waals surface area contributed by atoms with Crippen molar-refractivity contribution in [1.29, 1.82) is 0 Å². The fourth-order valence-corrected chi connectivity index (χ4v) is 2.93. The fourth-order valence-electron chi connectivity index (χ4n) is 2.63. The molecule has 3 rings (SSSR count). The normalized spacial score (nSPS) is 19.6. The van der Waals surface area contributed by atoms with Crippen LogP contribution in [-0.2, 0) is 13.6 Å². The SMILES string of the molecule is Cn1ccc(CN2CCC(n3cc(Br)cn3)C2)cc1=O. The molecule has 2 aromatic rings. The number of nitrogens with zero attached hydrogens (tertiary/aromatic N) is 4. The van der Waals surface area contributed by atoms with Crippen LogP contribution in [0, 0.1) is 0 Å². The van der Waals surface area contributed by atoms with Gasteiger partial charge in [0.2, 0.25) is 0 Å². The van der Waals surface area contributed by atoms with E-state index in [1.165, 1.54) is 0 Å². The van der Waals surface area contributed by atoms with Crippen LogP contribution in [0.4, 0.5) is 0 Å². The molecular formula is C14H17BrN4O. The molecule has 0 spiro atoms. The molecule has 1 unspecified atom stereocenters. The van der Waals surface area contributed by atoms with Gasteiger partial charge in [0.25, 0.3) is 5.56 Å². The molecule has 0 bridgehead atoms. The summed E-state index contributed by atoms with van der Waals surface area (Å²) in [6, 6.07) is 4.16. The molecule has 20 heavy (non-hydrogen) atoms. The summed E-state index contributed by atoms with van der Waals surface area (Å²) in [7, 11) is 1.77. The summed E-state index contributed by atoms with van der Waals surface area (Å²) < 4.78 is 4.63. The van der Waals surface area contributed by atoms with Crippen LogP contribution in [0.2, 0.25) is 0 Å². The minimum atomic E-state index is 0.0502. The first kappa shape index (κ1) is 13.6. The first-order valence-electron chi connectivity index (χ1n) is 6.69. The highest BCUT2D eigenvalue weighted by molar-refractivity contribution is 9.10. The summed E-state index contributed by atoms with van der Waals surface area (Å²) in [5.41, 5.74) is 1.13. The van der Waals surface area contributed by atoms with Crippen LogP contribution in [-0.4, -0.2) is 32.3 Å². The maximum atomic E-state index is 11.6. The van der Waals surface area contributed by atoms with Crippen molar-refractivity contribution in [2.75, 3.05) is 13.1 Å². The minimum absolute atomic E-state index is 0.0502. The first-order chi connectivity index (χ1) is 9.61. The van der Waals surface area contributed by atoms with Crippen LogP contribution in [0.5, 0.6) is 0 Å². The third-order valence-corrected chi connectivity index (χ3v) is 4.18. The van der Waals surface area contributed by atoms with E-state index in [1.54, 1.807) is 17.7 Å². The number of rotatable bonds is 3. The van der Waals surface area contributed by atoms with Crippen molar-refractivity contribution in [3.63, 3.8) is 0 Å². The number of hydrogen-bond acceptors (Lipinski definition) is 3. The lowest BCUT2D eigenvalue weighted by Crippen LogP contribution is -2.23. The molecular weight excluding hydrogens is 320 g/mol. The Labute approximate surface area is 125 Å². The highest BCUT2D eigenvalue weighted by atomic mass is 79.9. The van der Waals surface area contributed by atoms with E-state index in [0.29, 0.717) is 6.04 Å². The molecule has 2 aromatic heterocycles. The van der Waals surface area contributed by atoms with Gasteiger partial charge in [-0.15, -0.1) is 0 Å². The topological polar surface area (TPSA) is 43.1 Å². The van der Waals surface area contributed by atoms with E-state index in [2.05, 4.69) is 25.9 Å². The van der Waals surface area contributed by atoms with Gasteiger partial charge in [0, 0.05) is 45.1 Å². The molecule has 106 valence electrons. The van der Waals surface area contributed by atoms with Crippen LogP contribution in [0.1, 0.15) is 18.0 Å². The van der Waals surface area contributed by atoms with E-state index in [1.807, 2.05) is 29.3 Å². The average molecular weight is 337 g/mol. The van der Waals surface area contributed by atoms with Gasteiger partial charge in [-0.1, -0.05) is 0 Å². The zero-order chi connectivity index (χ0) is 14.1. The summed E-state index contributed by atoms with van der Waals surface area (Å²) in [5, 5.41) is 4.35. The summed E-state index contributed by atoms with van der Waals surface area (Å²) in [6.45, 7) is 2.84. The molecule has 1 aliphatic rings. The average Bonchev–Trinajstić information content (AvgIpc) is 3.03. The van der Waals surface area contributed by atoms with Crippen LogP contribution >= 0.6 is 15.9 Å². The van der Waals surface area contributed by atoms with Crippen LogP contribution in [0.3, 0.4) is 0 Å².